The van der Waals surface area contributed by atoms with E-state index in [0.29, 0.717) is 11.6 Å². The summed E-state index contributed by atoms with van der Waals surface area (Å²) >= 11 is 4.94. The number of aromatic nitrogens is 2. The molecule has 3 N–H and O–H groups in total. The Balaban J connectivity index is 1.98. The fraction of sp³-hybridized carbons (Fsp3) is 0. The molecule has 0 aliphatic heterocycles. The quantitative estimate of drug-likeness (QED) is 0.431. The first-order valence-corrected chi connectivity index (χ1v) is 8.84. The zero-order valence-corrected chi connectivity index (χ0v) is 13.2. The van der Waals surface area contributed by atoms with Crippen LogP contribution < -0.4 is 11.3 Å². The smallest absolute Gasteiger partial charge is 0.173 e. The zero-order chi connectivity index (χ0) is 14.2. The molecule has 0 aliphatic rings. The van der Waals surface area contributed by atoms with Gasteiger partial charge >= 0.3 is 0 Å². The molecule has 4 rings (SSSR count). The molecule has 0 spiro atoms. The Morgan fingerprint density at radius 1 is 0.952 bits per heavy atom. The Bertz CT molecular complexity index is 879. The predicted octanol–water partition coefficient (Wildman–Crippen LogP) is 4.43. The van der Waals surface area contributed by atoms with Crippen LogP contribution in [0, 0.1) is 0 Å². The SMILES string of the molecule is NNc1nc(-c2cccs2)nc2scc(-c3cccs3)c12. The highest BCUT2D eigenvalue weighted by molar-refractivity contribution is 7.18. The Hall–Kier alpha value is -1.80. The zero-order valence-electron chi connectivity index (χ0n) is 10.7. The van der Waals surface area contributed by atoms with E-state index in [-0.39, 0.29) is 0 Å². The lowest BCUT2D eigenvalue weighted by molar-refractivity contribution is 1.20. The van der Waals surface area contributed by atoms with Crippen molar-refractivity contribution in [2.45, 2.75) is 0 Å². The number of hydrogen-bond donors (Lipinski definition) is 2. The molecule has 104 valence electrons. The lowest BCUT2D eigenvalue weighted by Gasteiger charge is -2.05. The standard InChI is InChI=1S/C14H10N4S3/c15-18-13-11-8(9-3-1-5-19-9)7-21-14(11)17-12(16-13)10-4-2-6-20-10/h1-7H,15H2,(H,16,17,18). The van der Waals surface area contributed by atoms with Crippen LogP contribution in [0.4, 0.5) is 5.82 Å². The van der Waals surface area contributed by atoms with E-state index in [1.54, 1.807) is 34.0 Å². The summed E-state index contributed by atoms with van der Waals surface area (Å²) in [6, 6.07) is 8.15. The van der Waals surface area contributed by atoms with Gasteiger partial charge in [-0.15, -0.1) is 34.0 Å². The lowest BCUT2D eigenvalue weighted by Crippen LogP contribution is -2.09. The van der Waals surface area contributed by atoms with Crippen LogP contribution in [-0.2, 0) is 0 Å². The minimum absolute atomic E-state index is 0.674. The number of nitrogens with one attached hydrogen (secondary N) is 1. The molecule has 4 heterocycles. The molecule has 4 aromatic rings. The summed E-state index contributed by atoms with van der Waals surface area (Å²) in [6.45, 7) is 0. The molecule has 0 atom stereocenters. The maximum absolute atomic E-state index is 5.69. The van der Waals surface area contributed by atoms with E-state index in [0.717, 1.165) is 20.7 Å². The minimum atomic E-state index is 0.674. The Morgan fingerprint density at radius 2 is 1.71 bits per heavy atom. The average molecular weight is 330 g/mol. The number of anilines is 1. The molecule has 0 fully saturated rings. The van der Waals surface area contributed by atoms with Crippen molar-refractivity contribution in [3.05, 3.63) is 40.4 Å². The number of hydrazine groups is 1. The van der Waals surface area contributed by atoms with Crippen molar-refractivity contribution >= 4 is 50.0 Å². The van der Waals surface area contributed by atoms with Gasteiger partial charge in [-0.1, -0.05) is 12.1 Å². The first-order valence-electron chi connectivity index (χ1n) is 6.20. The molecule has 0 saturated carbocycles. The second kappa shape index (κ2) is 5.19. The Labute approximate surface area is 132 Å². The number of nitrogen functional groups attached to an aromatic ring is 1. The van der Waals surface area contributed by atoms with E-state index in [1.165, 1.54) is 4.88 Å². The molecule has 0 bridgehead atoms. The molecule has 21 heavy (non-hydrogen) atoms. The monoisotopic (exact) mass is 330 g/mol. The Kier molecular flexibility index (Phi) is 3.19. The van der Waals surface area contributed by atoms with Gasteiger partial charge in [-0.3, -0.25) is 0 Å². The molecule has 0 unspecified atom stereocenters. The number of rotatable bonds is 3. The molecule has 0 aliphatic carbocycles. The molecule has 0 amide bonds. The summed E-state index contributed by atoms with van der Waals surface area (Å²) in [5, 5.41) is 7.19. The van der Waals surface area contributed by atoms with Gasteiger partial charge in [0.15, 0.2) is 11.6 Å². The normalized spacial score (nSPS) is 11.1. The predicted molar refractivity (Wildman–Crippen MR) is 91.9 cm³/mol. The van der Waals surface area contributed by atoms with Crippen molar-refractivity contribution in [2.24, 2.45) is 5.84 Å². The van der Waals surface area contributed by atoms with Crippen LogP contribution in [0.3, 0.4) is 0 Å². The number of hydrogen-bond acceptors (Lipinski definition) is 7. The van der Waals surface area contributed by atoms with Crippen LogP contribution in [0.5, 0.6) is 0 Å². The van der Waals surface area contributed by atoms with E-state index in [4.69, 9.17) is 5.84 Å². The van der Waals surface area contributed by atoms with E-state index >= 15 is 0 Å². The number of thiophene rings is 3. The highest BCUT2D eigenvalue weighted by Gasteiger charge is 2.16. The fourth-order valence-electron chi connectivity index (χ4n) is 2.18. The first-order chi connectivity index (χ1) is 10.4. The summed E-state index contributed by atoms with van der Waals surface area (Å²) in [7, 11) is 0. The summed E-state index contributed by atoms with van der Waals surface area (Å²) in [4.78, 5) is 12.5. The van der Waals surface area contributed by atoms with Crippen molar-refractivity contribution in [3.63, 3.8) is 0 Å². The molecule has 0 radical (unpaired) electrons. The van der Waals surface area contributed by atoms with Crippen LogP contribution in [0.2, 0.25) is 0 Å². The van der Waals surface area contributed by atoms with Gasteiger partial charge in [0.1, 0.15) is 4.83 Å². The van der Waals surface area contributed by atoms with Crippen LogP contribution >= 0.6 is 34.0 Å². The largest absolute Gasteiger partial charge is 0.308 e. The molecule has 4 aromatic heterocycles. The number of nitrogens with two attached hydrogens (primary N) is 1. The van der Waals surface area contributed by atoms with Crippen molar-refractivity contribution in [1.82, 2.24) is 9.97 Å². The second-order valence-corrected chi connectivity index (χ2v) is 7.08. The Morgan fingerprint density at radius 3 is 2.38 bits per heavy atom. The summed E-state index contributed by atoms with van der Waals surface area (Å²) in [6.07, 6.45) is 0. The topological polar surface area (TPSA) is 63.8 Å². The molecule has 4 nitrogen and oxygen atoms in total. The number of nitrogens with zero attached hydrogens (tertiary/aromatic N) is 2. The molecule has 0 saturated heterocycles. The van der Waals surface area contributed by atoms with Gasteiger partial charge in [0.05, 0.1) is 10.3 Å². The van der Waals surface area contributed by atoms with Crippen molar-refractivity contribution in [2.75, 3.05) is 5.43 Å². The highest BCUT2D eigenvalue weighted by Crippen LogP contribution is 2.39. The van der Waals surface area contributed by atoms with Crippen LogP contribution in [0.25, 0.3) is 31.4 Å². The van der Waals surface area contributed by atoms with E-state index < -0.39 is 0 Å². The van der Waals surface area contributed by atoms with Gasteiger partial charge in [-0.25, -0.2) is 15.8 Å². The van der Waals surface area contributed by atoms with Crippen molar-refractivity contribution in [3.8, 4) is 21.1 Å². The molecular weight excluding hydrogens is 320 g/mol. The van der Waals surface area contributed by atoms with E-state index in [2.05, 4.69) is 32.2 Å². The maximum Gasteiger partial charge on any atom is 0.173 e. The van der Waals surface area contributed by atoms with Crippen molar-refractivity contribution < 1.29 is 0 Å². The third kappa shape index (κ3) is 2.14. The average Bonchev–Trinajstić information content (AvgIpc) is 3.24. The first kappa shape index (κ1) is 12.9. The summed E-state index contributed by atoms with van der Waals surface area (Å²) in [5.41, 5.74) is 3.86. The van der Waals surface area contributed by atoms with Gasteiger partial charge in [0.25, 0.3) is 0 Å². The summed E-state index contributed by atoms with van der Waals surface area (Å²) in [5.74, 6) is 7.08. The molecular formula is C14H10N4S3. The van der Waals surface area contributed by atoms with Gasteiger partial charge in [-0.05, 0) is 22.9 Å². The maximum atomic E-state index is 5.69. The third-order valence-corrected chi connectivity index (χ3v) is 5.74. The summed E-state index contributed by atoms with van der Waals surface area (Å²) < 4.78 is 0. The molecule has 0 aromatic carbocycles. The van der Waals surface area contributed by atoms with Gasteiger partial charge in [0.2, 0.25) is 0 Å². The lowest BCUT2D eigenvalue weighted by atomic mass is 10.2. The van der Waals surface area contributed by atoms with Crippen LogP contribution in [-0.4, -0.2) is 9.97 Å². The third-order valence-electron chi connectivity index (χ3n) is 3.10. The van der Waals surface area contributed by atoms with Gasteiger partial charge in [0, 0.05) is 15.8 Å². The minimum Gasteiger partial charge on any atom is -0.308 e. The van der Waals surface area contributed by atoms with E-state index in [1.807, 2.05) is 23.6 Å². The molecule has 7 heteroatoms. The van der Waals surface area contributed by atoms with Crippen LogP contribution in [0.15, 0.2) is 40.4 Å². The van der Waals surface area contributed by atoms with E-state index in [9.17, 15) is 0 Å². The second-order valence-electron chi connectivity index (χ2n) is 4.32. The fourth-order valence-corrected chi connectivity index (χ4v) is 4.59. The van der Waals surface area contributed by atoms with Crippen molar-refractivity contribution in [1.29, 1.82) is 0 Å². The van der Waals surface area contributed by atoms with Crippen LogP contribution in [0.1, 0.15) is 0 Å². The van der Waals surface area contributed by atoms with Gasteiger partial charge in [-0.2, -0.15) is 0 Å². The number of fused-ring (bicyclic) bond motifs is 1. The highest BCUT2D eigenvalue weighted by atomic mass is 32.1. The van der Waals surface area contributed by atoms with Gasteiger partial charge < -0.3 is 5.43 Å².